The number of hydrogen-bond donors (Lipinski definition) is 1. The van der Waals surface area contributed by atoms with E-state index in [1.807, 2.05) is 0 Å². The smallest absolute Gasteiger partial charge is 0.123 e. The minimum atomic E-state index is -0.349. The molecule has 3 nitrogen and oxygen atoms in total. The highest BCUT2D eigenvalue weighted by atomic mass is 19.1. The number of ether oxygens (including phenoxy) is 2. The van der Waals surface area contributed by atoms with Crippen LogP contribution >= 0.6 is 0 Å². The van der Waals surface area contributed by atoms with E-state index in [0.717, 1.165) is 13.0 Å². The van der Waals surface area contributed by atoms with Gasteiger partial charge in [-0.25, -0.2) is 4.39 Å². The normalized spacial score (nSPS) is 25.9. The summed E-state index contributed by atoms with van der Waals surface area (Å²) in [6, 6.07) is 4.05. The van der Waals surface area contributed by atoms with Crippen molar-refractivity contribution in [3.63, 3.8) is 0 Å². The van der Waals surface area contributed by atoms with E-state index in [-0.39, 0.29) is 18.0 Å². The van der Waals surface area contributed by atoms with E-state index in [9.17, 15) is 4.39 Å². The van der Waals surface area contributed by atoms with Gasteiger partial charge in [0.05, 0.1) is 19.3 Å². The van der Waals surface area contributed by atoms with Gasteiger partial charge in [0.15, 0.2) is 0 Å². The molecule has 3 unspecified atom stereocenters. The van der Waals surface area contributed by atoms with Crippen molar-refractivity contribution >= 4 is 0 Å². The lowest BCUT2D eigenvalue weighted by Gasteiger charge is -2.24. The van der Waals surface area contributed by atoms with Crippen LogP contribution in [0.25, 0.3) is 0 Å². The van der Waals surface area contributed by atoms with Crippen LogP contribution in [0, 0.1) is 11.7 Å². The largest absolute Gasteiger partial charge is 0.496 e. The molecule has 3 atom stereocenters. The Hall–Kier alpha value is -1.13. The van der Waals surface area contributed by atoms with Gasteiger partial charge >= 0.3 is 0 Å². The minimum absolute atomic E-state index is 0.0642. The van der Waals surface area contributed by atoms with Gasteiger partial charge in [-0.05, 0) is 30.5 Å². The Balaban J connectivity index is 2.28. The lowest BCUT2D eigenvalue weighted by Crippen LogP contribution is -2.30. The summed E-state index contributed by atoms with van der Waals surface area (Å²) in [6.45, 7) is 2.82. The minimum Gasteiger partial charge on any atom is -0.496 e. The molecular weight excluding hydrogens is 221 g/mol. The Labute approximate surface area is 101 Å². The maximum Gasteiger partial charge on any atom is 0.123 e. The van der Waals surface area contributed by atoms with Gasteiger partial charge in [0.25, 0.3) is 0 Å². The third-order valence-corrected chi connectivity index (χ3v) is 3.35. The highest BCUT2D eigenvalue weighted by Gasteiger charge is 2.32. The fourth-order valence-electron chi connectivity index (χ4n) is 2.32. The van der Waals surface area contributed by atoms with Gasteiger partial charge in [-0.15, -0.1) is 0 Å². The quantitative estimate of drug-likeness (QED) is 0.880. The summed E-state index contributed by atoms with van der Waals surface area (Å²) in [5.74, 6) is 0.696. The number of methoxy groups -OCH3 is 1. The third kappa shape index (κ3) is 2.42. The first kappa shape index (κ1) is 12.3. The summed E-state index contributed by atoms with van der Waals surface area (Å²) in [4.78, 5) is 0. The standard InChI is InChI=1S/C13H18FNO2/c1-8-5-6-17-13(8)12(15)10-7-9(14)3-4-11(10)16-2/h3-4,7-8,12-13H,5-6,15H2,1-2H3. The van der Waals surface area contributed by atoms with Gasteiger partial charge in [0.2, 0.25) is 0 Å². The molecule has 0 saturated carbocycles. The van der Waals surface area contributed by atoms with E-state index in [0.29, 0.717) is 17.2 Å². The van der Waals surface area contributed by atoms with Crippen molar-refractivity contribution in [2.45, 2.75) is 25.5 Å². The van der Waals surface area contributed by atoms with Gasteiger partial charge in [-0.2, -0.15) is 0 Å². The predicted molar refractivity (Wildman–Crippen MR) is 63.4 cm³/mol. The Morgan fingerprint density at radius 2 is 2.29 bits per heavy atom. The zero-order chi connectivity index (χ0) is 12.4. The second-order valence-electron chi connectivity index (χ2n) is 4.51. The molecular formula is C13H18FNO2. The van der Waals surface area contributed by atoms with E-state index < -0.39 is 0 Å². The molecule has 0 spiro atoms. The zero-order valence-electron chi connectivity index (χ0n) is 10.2. The van der Waals surface area contributed by atoms with E-state index in [1.54, 1.807) is 13.2 Å². The molecule has 0 bridgehead atoms. The van der Waals surface area contributed by atoms with Crippen molar-refractivity contribution < 1.29 is 13.9 Å². The van der Waals surface area contributed by atoms with Gasteiger partial charge < -0.3 is 15.2 Å². The first-order chi connectivity index (χ1) is 8.13. The van der Waals surface area contributed by atoms with Crippen LogP contribution in [-0.2, 0) is 4.74 Å². The highest BCUT2D eigenvalue weighted by molar-refractivity contribution is 5.37. The average molecular weight is 239 g/mol. The topological polar surface area (TPSA) is 44.5 Å². The number of hydrogen-bond acceptors (Lipinski definition) is 3. The SMILES string of the molecule is COc1ccc(F)cc1C(N)C1OCCC1C. The Morgan fingerprint density at radius 3 is 2.88 bits per heavy atom. The second-order valence-corrected chi connectivity index (χ2v) is 4.51. The number of halogens is 1. The van der Waals surface area contributed by atoms with Crippen LogP contribution in [0.15, 0.2) is 18.2 Å². The average Bonchev–Trinajstić information content (AvgIpc) is 2.74. The Morgan fingerprint density at radius 1 is 1.53 bits per heavy atom. The van der Waals surface area contributed by atoms with Crippen molar-refractivity contribution in [1.82, 2.24) is 0 Å². The number of nitrogens with two attached hydrogens (primary N) is 1. The monoisotopic (exact) mass is 239 g/mol. The molecule has 0 aromatic heterocycles. The van der Waals surface area contributed by atoms with Crippen LogP contribution in [0.5, 0.6) is 5.75 Å². The molecule has 0 radical (unpaired) electrons. The second kappa shape index (κ2) is 5.02. The van der Waals surface area contributed by atoms with Gasteiger partial charge in [0, 0.05) is 12.2 Å². The Kier molecular flexibility index (Phi) is 3.64. The molecule has 1 aliphatic heterocycles. The van der Waals surface area contributed by atoms with E-state index in [4.69, 9.17) is 15.2 Å². The van der Waals surface area contributed by atoms with Crippen molar-refractivity contribution in [3.8, 4) is 5.75 Å². The molecule has 1 fully saturated rings. The van der Waals surface area contributed by atoms with Crippen LogP contribution < -0.4 is 10.5 Å². The van der Waals surface area contributed by atoms with Crippen molar-refractivity contribution in [3.05, 3.63) is 29.6 Å². The maximum atomic E-state index is 13.3. The molecule has 1 saturated heterocycles. The number of benzene rings is 1. The van der Waals surface area contributed by atoms with Gasteiger partial charge in [-0.3, -0.25) is 0 Å². The molecule has 94 valence electrons. The van der Waals surface area contributed by atoms with Gasteiger partial charge in [0.1, 0.15) is 11.6 Å². The lowest BCUT2D eigenvalue weighted by atomic mass is 9.92. The lowest BCUT2D eigenvalue weighted by molar-refractivity contribution is 0.0717. The van der Waals surface area contributed by atoms with Crippen molar-refractivity contribution in [2.24, 2.45) is 11.7 Å². The van der Waals surface area contributed by atoms with Crippen LogP contribution in [0.3, 0.4) is 0 Å². The summed E-state index contributed by atoms with van der Waals surface area (Å²) in [6.07, 6.45) is 0.932. The summed E-state index contributed by atoms with van der Waals surface area (Å²) in [7, 11) is 1.56. The summed E-state index contributed by atoms with van der Waals surface area (Å²) in [5.41, 5.74) is 6.84. The molecule has 17 heavy (non-hydrogen) atoms. The molecule has 0 aliphatic carbocycles. The molecule has 1 heterocycles. The van der Waals surface area contributed by atoms with Crippen molar-refractivity contribution in [2.75, 3.05) is 13.7 Å². The molecule has 2 rings (SSSR count). The van der Waals surface area contributed by atoms with E-state index in [1.165, 1.54) is 12.1 Å². The fraction of sp³-hybridized carbons (Fsp3) is 0.538. The summed E-state index contributed by atoms with van der Waals surface area (Å²) < 4.78 is 24.1. The van der Waals surface area contributed by atoms with Gasteiger partial charge in [-0.1, -0.05) is 6.92 Å². The zero-order valence-corrected chi connectivity index (χ0v) is 10.2. The summed E-state index contributed by atoms with van der Waals surface area (Å²) in [5, 5.41) is 0. The number of rotatable bonds is 3. The van der Waals surface area contributed by atoms with E-state index in [2.05, 4.69) is 6.92 Å². The van der Waals surface area contributed by atoms with Crippen LogP contribution in [-0.4, -0.2) is 19.8 Å². The van der Waals surface area contributed by atoms with Crippen LogP contribution in [0.1, 0.15) is 24.9 Å². The Bertz CT molecular complexity index is 397. The molecule has 1 aliphatic rings. The summed E-state index contributed by atoms with van der Waals surface area (Å²) >= 11 is 0. The molecule has 1 aromatic rings. The molecule has 2 N–H and O–H groups in total. The molecule has 1 aromatic carbocycles. The maximum absolute atomic E-state index is 13.3. The van der Waals surface area contributed by atoms with Crippen LogP contribution in [0.2, 0.25) is 0 Å². The first-order valence-corrected chi connectivity index (χ1v) is 5.84. The molecule has 4 heteroatoms. The van der Waals surface area contributed by atoms with Crippen molar-refractivity contribution in [1.29, 1.82) is 0 Å². The van der Waals surface area contributed by atoms with E-state index >= 15 is 0 Å². The third-order valence-electron chi connectivity index (χ3n) is 3.35. The van der Waals surface area contributed by atoms with Crippen LogP contribution in [0.4, 0.5) is 4.39 Å². The first-order valence-electron chi connectivity index (χ1n) is 5.84. The predicted octanol–water partition coefficient (Wildman–Crippen LogP) is 2.26. The molecule has 0 amide bonds. The highest BCUT2D eigenvalue weighted by Crippen LogP contribution is 2.34. The fourth-order valence-corrected chi connectivity index (χ4v) is 2.32.